The molecular weight excluding hydrogens is 252 g/mol. The van der Waals surface area contributed by atoms with E-state index in [2.05, 4.69) is 15.3 Å². The predicted octanol–water partition coefficient (Wildman–Crippen LogP) is -0.665. The quantitative estimate of drug-likeness (QED) is 0.681. The molecule has 8 heteroatoms. The Bertz CT molecular complexity index is 572. The van der Waals surface area contributed by atoms with E-state index in [0.717, 1.165) is 0 Å². The van der Waals surface area contributed by atoms with E-state index < -0.39 is 23.8 Å². The lowest BCUT2D eigenvalue weighted by molar-refractivity contribution is -0.132. The second kappa shape index (κ2) is 4.63. The van der Waals surface area contributed by atoms with Crippen LogP contribution < -0.4 is 10.2 Å². The van der Waals surface area contributed by atoms with Crippen LogP contribution >= 0.6 is 0 Å². The maximum atomic E-state index is 11.5. The van der Waals surface area contributed by atoms with Crippen LogP contribution in [0.3, 0.4) is 0 Å². The van der Waals surface area contributed by atoms with Gasteiger partial charge in [-0.2, -0.15) is 0 Å². The van der Waals surface area contributed by atoms with Crippen LogP contribution in [-0.4, -0.2) is 45.4 Å². The summed E-state index contributed by atoms with van der Waals surface area (Å²) in [7, 11) is 0. The number of hydrogen-bond acceptors (Lipinski definition) is 6. The van der Waals surface area contributed by atoms with Gasteiger partial charge in [-0.15, -0.1) is 0 Å². The zero-order valence-electron chi connectivity index (χ0n) is 10.4. The molecule has 8 nitrogen and oxygen atoms in total. The van der Waals surface area contributed by atoms with Crippen molar-refractivity contribution in [3.05, 3.63) is 17.5 Å². The van der Waals surface area contributed by atoms with Crippen molar-refractivity contribution in [1.82, 2.24) is 15.3 Å². The highest BCUT2D eigenvalue weighted by atomic mass is 16.4. The molecule has 0 bridgehead atoms. The number of rotatable bonds is 2. The lowest BCUT2D eigenvalue weighted by Gasteiger charge is -2.31. The molecular formula is C11H12N4O4. The van der Waals surface area contributed by atoms with Gasteiger partial charge in [0.25, 0.3) is 0 Å². The molecule has 1 aliphatic heterocycles. The summed E-state index contributed by atoms with van der Waals surface area (Å²) in [6, 6.07) is -0.590. The number of anilines is 1. The summed E-state index contributed by atoms with van der Waals surface area (Å²) in [6.45, 7) is 3.11. The minimum absolute atomic E-state index is 0.0100. The Kier molecular flexibility index (Phi) is 3.16. The average Bonchev–Trinajstić information content (AvgIpc) is 2.33. The van der Waals surface area contributed by atoms with E-state index in [9.17, 15) is 14.4 Å². The van der Waals surface area contributed by atoms with Gasteiger partial charge in [0.15, 0.2) is 0 Å². The number of carbonyl (C=O) groups excluding carboxylic acids is 2. The van der Waals surface area contributed by atoms with Gasteiger partial charge < -0.3 is 10.0 Å². The van der Waals surface area contributed by atoms with E-state index >= 15 is 0 Å². The van der Waals surface area contributed by atoms with Crippen molar-refractivity contribution in [3.8, 4) is 0 Å². The van der Waals surface area contributed by atoms with Gasteiger partial charge in [0, 0.05) is 6.20 Å². The molecule has 2 N–H and O–H groups in total. The number of aromatic carboxylic acids is 1. The number of piperazine rings is 1. The van der Waals surface area contributed by atoms with Crippen LogP contribution in [0.1, 0.15) is 23.0 Å². The van der Waals surface area contributed by atoms with Crippen LogP contribution in [-0.2, 0) is 9.59 Å². The monoisotopic (exact) mass is 264 g/mol. The Morgan fingerprint density at radius 2 is 2.21 bits per heavy atom. The molecule has 1 aromatic heterocycles. The van der Waals surface area contributed by atoms with E-state index in [4.69, 9.17) is 5.11 Å². The Labute approximate surface area is 108 Å². The molecule has 19 heavy (non-hydrogen) atoms. The SMILES string of the molecule is Cc1nc(N2CC(=O)NC(=O)C2C)ncc1C(=O)O. The highest BCUT2D eigenvalue weighted by Gasteiger charge is 2.32. The van der Waals surface area contributed by atoms with Gasteiger partial charge in [0.05, 0.1) is 11.3 Å². The minimum Gasteiger partial charge on any atom is -0.478 e. The van der Waals surface area contributed by atoms with Crippen LogP contribution in [0.2, 0.25) is 0 Å². The number of imide groups is 1. The molecule has 100 valence electrons. The second-order valence-corrected chi connectivity index (χ2v) is 4.19. The number of carboxylic acids is 1. The highest BCUT2D eigenvalue weighted by Crippen LogP contribution is 2.16. The van der Waals surface area contributed by atoms with Crippen molar-refractivity contribution in [2.24, 2.45) is 0 Å². The second-order valence-electron chi connectivity index (χ2n) is 4.19. The maximum absolute atomic E-state index is 11.5. The summed E-state index contributed by atoms with van der Waals surface area (Å²) in [5, 5.41) is 11.1. The highest BCUT2D eigenvalue weighted by molar-refractivity contribution is 6.04. The van der Waals surface area contributed by atoms with Gasteiger partial charge in [-0.25, -0.2) is 14.8 Å². The lowest BCUT2D eigenvalue weighted by Crippen LogP contribution is -2.57. The number of aromatic nitrogens is 2. The van der Waals surface area contributed by atoms with Crippen LogP contribution in [0.5, 0.6) is 0 Å². The summed E-state index contributed by atoms with van der Waals surface area (Å²) < 4.78 is 0. The van der Waals surface area contributed by atoms with E-state index in [1.807, 2.05) is 0 Å². The zero-order valence-corrected chi connectivity index (χ0v) is 10.4. The molecule has 2 heterocycles. The molecule has 1 unspecified atom stereocenters. The van der Waals surface area contributed by atoms with E-state index in [1.54, 1.807) is 6.92 Å². The Balaban J connectivity index is 2.36. The van der Waals surface area contributed by atoms with Crippen LogP contribution in [0.15, 0.2) is 6.20 Å². The summed E-state index contributed by atoms with van der Waals surface area (Å²) in [4.78, 5) is 43.1. The maximum Gasteiger partial charge on any atom is 0.339 e. The number of aryl methyl sites for hydroxylation is 1. The smallest absolute Gasteiger partial charge is 0.339 e. The summed E-state index contributed by atoms with van der Waals surface area (Å²) in [5.74, 6) is -1.82. The van der Waals surface area contributed by atoms with Gasteiger partial charge in [0.2, 0.25) is 17.8 Å². The topological polar surface area (TPSA) is 112 Å². The van der Waals surface area contributed by atoms with E-state index in [-0.39, 0.29) is 23.8 Å². The Morgan fingerprint density at radius 1 is 1.53 bits per heavy atom. The van der Waals surface area contributed by atoms with E-state index in [0.29, 0.717) is 0 Å². The molecule has 2 amide bonds. The predicted molar refractivity (Wildman–Crippen MR) is 63.7 cm³/mol. The first-order chi connectivity index (χ1) is 8.90. The molecule has 1 atom stereocenters. The summed E-state index contributed by atoms with van der Waals surface area (Å²) in [5.41, 5.74) is 0.271. The number of nitrogens with one attached hydrogen (secondary N) is 1. The number of hydrogen-bond donors (Lipinski definition) is 2. The summed E-state index contributed by atoms with van der Waals surface area (Å²) >= 11 is 0. The fraction of sp³-hybridized carbons (Fsp3) is 0.364. The molecule has 2 rings (SSSR count). The third kappa shape index (κ3) is 2.37. The van der Waals surface area contributed by atoms with Crippen molar-refractivity contribution in [3.63, 3.8) is 0 Å². The first kappa shape index (κ1) is 12.9. The normalized spacial score (nSPS) is 19.3. The summed E-state index contributed by atoms with van der Waals surface area (Å²) in [6.07, 6.45) is 1.17. The third-order valence-corrected chi connectivity index (χ3v) is 2.88. The van der Waals surface area contributed by atoms with Gasteiger partial charge in [-0.3, -0.25) is 14.9 Å². The van der Waals surface area contributed by atoms with Crippen molar-refractivity contribution < 1.29 is 19.5 Å². The van der Waals surface area contributed by atoms with Crippen molar-refractivity contribution >= 4 is 23.7 Å². The van der Waals surface area contributed by atoms with Gasteiger partial charge in [-0.1, -0.05) is 0 Å². The average molecular weight is 264 g/mol. The number of amides is 2. The standard InChI is InChI=1S/C11H12N4O4/c1-5-7(10(18)19)3-12-11(13-5)15-4-8(16)14-9(17)6(15)2/h3,6H,4H2,1-2H3,(H,18,19)(H,14,16,17). The van der Waals surface area contributed by atoms with Gasteiger partial charge in [0.1, 0.15) is 12.6 Å². The molecule has 0 saturated carbocycles. The Hall–Kier alpha value is -2.51. The number of carbonyl (C=O) groups is 3. The first-order valence-corrected chi connectivity index (χ1v) is 5.57. The Morgan fingerprint density at radius 3 is 2.79 bits per heavy atom. The number of nitrogens with zero attached hydrogens (tertiary/aromatic N) is 3. The molecule has 0 aromatic carbocycles. The minimum atomic E-state index is -1.12. The van der Waals surface area contributed by atoms with Gasteiger partial charge >= 0.3 is 5.97 Å². The van der Waals surface area contributed by atoms with Crippen molar-refractivity contribution in [2.75, 3.05) is 11.4 Å². The van der Waals surface area contributed by atoms with Crippen molar-refractivity contribution in [1.29, 1.82) is 0 Å². The zero-order chi connectivity index (χ0) is 14.2. The molecule has 1 fully saturated rings. The molecule has 0 spiro atoms. The molecule has 1 aliphatic rings. The van der Waals surface area contributed by atoms with Crippen LogP contribution in [0.25, 0.3) is 0 Å². The van der Waals surface area contributed by atoms with E-state index in [1.165, 1.54) is 18.0 Å². The third-order valence-electron chi connectivity index (χ3n) is 2.88. The van der Waals surface area contributed by atoms with Crippen LogP contribution in [0, 0.1) is 6.92 Å². The molecule has 0 aliphatic carbocycles. The molecule has 1 aromatic rings. The lowest BCUT2D eigenvalue weighted by atomic mass is 10.2. The largest absolute Gasteiger partial charge is 0.478 e. The fourth-order valence-electron chi connectivity index (χ4n) is 1.76. The van der Waals surface area contributed by atoms with Crippen molar-refractivity contribution in [2.45, 2.75) is 19.9 Å². The fourth-order valence-corrected chi connectivity index (χ4v) is 1.76. The molecule has 0 radical (unpaired) electrons. The molecule has 1 saturated heterocycles. The number of carboxylic acid groups (broad SMARTS) is 1. The van der Waals surface area contributed by atoms with Crippen LogP contribution in [0.4, 0.5) is 5.95 Å². The van der Waals surface area contributed by atoms with Gasteiger partial charge in [-0.05, 0) is 13.8 Å². The first-order valence-electron chi connectivity index (χ1n) is 5.57.